The predicted molar refractivity (Wildman–Crippen MR) is 57.9 cm³/mol. The first-order valence-corrected chi connectivity index (χ1v) is 4.59. The number of rotatable bonds is 5. The topological polar surface area (TPSA) is 42.2 Å². The summed E-state index contributed by atoms with van der Waals surface area (Å²) in [6, 6.07) is 11.8. The van der Waals surface area contributed by atoms with E-state index in [9.17, 15) is 0 Å². The van der Waals surface area contributed by atoms with E-state index in [0.717, 1.165) is 5.56 Å². The molecule has 0 bridgehead atoms. The number of nitrogens with zero attached hydrogens (tertiary/aromatic N) is 1. The smallest absolute Gasteiger partial charge is 0.146 e. The summed E-state index contributed by atoms with van der Waals surface area (Å²) >= 11 is 0. The Morgan fingerprint density at radius 3 is 2.73 bits per heavy atom. The van der Waals surface area contributed by atoms with Crippen LogP contribution in [0, 0.1) is 11.3 Å². The average Bonchev–Trinajstić information content (AvgIpc) is 2.29. The number of methoxy groups -OCH3 is 1. The van der Waals surface area contributed by atoms with Crippen LogP contribution in [0.5, 0.6) is 0 Å². The lowest BCUT2D eigenvalue weighted by atomic mass is 10.1. The molecule has 1 aromatic carbocycles. The van der Waals surface area contributed by atoms with Gasteiger partial charge in [-0.3, -0.25) is 0 Å². The van der Waals surface area contributed by atoms with E-state index in [4.69, 9.17) is 14.7 Å². The number of hydrogen-bond donors (Lipinski definition) is 0. The van der Waals surface area contributed by atoms with E-state index < -0.39 is 0 Å². The standard InChI is InChI=1S/C12H13NO2/c1-14-10-15-9-12(8-13)7-11-5-3-2-4-6-11/h2-7H,9-10H2,1H3/b12-7-. The molecule has 1 aromatic rings. The highest BCUT2D eigenvalue weighted by Crippen LogP contribution is 2.06. The number of hydrogen-bond acceptors (Lipinski definition) is 3. The maximum atomic E-state index is 8.85. The first-order chi connectivity index (χ1) is 7.36. The highest BCUT2D eigenvalue weighted by Gasteiger charge is 1.96. The third-order valence-corrected chi connectivity index (χ3v) is 1.74. The molecule has 0 amide bonds. The number of ether oxygens (including phenoxy) is 2. The van der Waals surface area contributed by atoms with Gasteiger partial charge in [0.2, 0.25) is 0 Å². The first kappa shape index (κ1) is 11.4. The molecule has 0 fully saturated rings. The van der Waals surface area contributed by atoms with Crippen molar-refractivity contribution >= 4 is 6.08 Å². The quantitative estimate of drug-likeness (QED) is 0.418. The van der Waals surface area contributed by atoms with Gasteiger partial charge in [-0.1, -0.05) is 30.3 Å². The summed E-state index contributed by atoms with van der Waals surface area (Å²) in [6.07, 6.45) is 1.80. The molecule has 3 heteroatoms. The molecule has 0 radical (unpaired) electrons. The second-order valence-electron chi connectivity index (χ2n) is 2.95. The second-order valence-corrected chi connectivity index (χ2v) is 2.95. The van der Waals surface area contributed by atoms with Crippen LogP contribution in [0.15, 0.2) is 35.9 Å². The molecule has 3 nitrogen and oxygen atoms in total. The normalized spacial score (nSPS) is 11.1. The van der Waals surface area contributed by atoms with Crippen LogP contribution in [0.1, 0.15) is 5.56 Å². The summed E-state index contributed by atoms with van der Waals surface area (Å²) in [6.45, 7) is 0.479. The number of nitriles is 1. The van der Waals surface area contributed by atoms with Crippen LogP contribution in [0.4, 0.5) is 0 Å². The second kappa shape index (κ2) is 6.77. The van der Waals surface area contributed by atoms with E-state index >= 15 is 0 Å². The largest absolute Gasteiger partial charge is 0.359 e. The minimum absolute atomic E-state index is 0.202. The van der Waals surface area contributed by atoms with Crippen molar-refractivity contribution in [3.8, 4) is 6.07 Å². The molecule has 1 rings (SSSR count). The van der Waals surface area contributed by atoms with Crippen LogP contribution in [0.25, 0.3) is 6.08 Å². The van der Waals surface area contributed by atoms with Gasteiger partial charge in [-0.25, -0.2) is 0 Å². The fourth-order valence-electron chi connectivity index (χ4n) is 1.09. The summed E-state index contributed by atoms with van der Waals surface area (Å²) in [5.74, 6) is 0. The van der Waals surface area contributed by atoms with Gasteiger partial charge in [0.05, 0.1) is 18.2 Å². The van der Waals surface area contributed by atoms with E-state index in [1.807, 2.05) is 30.3 Å². The van der Waals surface area contributed by atoms with Crippen LogP contribution in [-0.2, 0) is 9.47 Å². The average molecular weight is 203 g/mol. The van der Waals surface area contributed by atoms with Crippen molar-refractivity contribution < 1.29 is 9.47 Å². The van der Waals surface area contributed by atoms with E-state index in [-0.39, 0.29) is 13.4 Å². The summed E-state index contributed by atoms with van der Waals surface area (Å²) in [5, 5.41) is 8.85. The van der Waals surface area contributed by atoms with E-state index in [0.29, 0.717) is 5.57 Å². The Kier molecular flexibility index (Phi) is 5.16. The fourth-order valence-corrected chi connectivity index (χ4v) is 1.09. The fraction of sp³-hybridized carbons (Fsp3) is 0.250. The monoisotopic (exact) mass is 203 g/mol. The lowest BCUT2D eigenvalue weighted by molar-refractivity contribution is -0.0200. The Morgan fingerprint density at radius 2 is 2.13 bits per heavy atom. The van der Waals surface area contributed by atoms with Crippen molar-refractivity contribution in [3.05, 3.63) is 41.5 Å². The Bertz CT molecular complexity index is 352. The Balaban J connectivity index is 2.59. The zero-order valence-electron chi connectivity index (χ0n) is 8.64. The van der Waals surface area contributed by atoms with Gasteiger partial charge >= 0.3 is 0 Å². The Morgan fingerprint density at radius 1 is 1.40 bits per heavy atom. The molecular formula is C12H13NO2. The van der Waals surface area contributed by atoms with Gasteiger partial charge in [0, 0.05) is 7.11 Å². The van der Waals surface area contributed by atoms with Crippen LogP contribution < -0.4 is 0 Å². The summed E-state index contributed by atoms with van der Waals surface area (Å²) in [4.78, 5) is 0. The Hall–Kier alpha value is -1.63. The van der Waals surface area contributed by atoms with Crippen molar-refractivity contribution in [2.45, 2.75) is 0 Å². The van der Waals surface area contributed by atoms with Crippen molar-refractivity contribution in [2.75, 3.05) is 20.5 Å². The maximum absolute atomic E-state index is 8.85. The zero-order chi connectivity index (χ0) is 10.9. The van der Waals surface area contributed by atoms with Gasteiger partial charge in [-0.05, 0) is 11.6 Å². The molecule has 0 aliphatic rings. The third-order valence-electron chi connectivity index (χ3n) is 1.74. The lowest BCUT2D eigenvalue weighted by Gasteiger charge is -2.01. The van der Waals surface area contributed by atoms with Crippen molar-refractivity contribution in [1.82, 2.24) is 0 Å². The maximum Gasteiger partial charge on any atom is 0.146 e. The lowest BCUT2D eigenvalue weighted by Crippen LogP contribution is -2.00. The molecule has 0 saturated carbocycles. The van der Waals surface area contributed by atoms with Gasteiger partial charge in [-0.2, -0.15) is 5.26 Å². The summed E-state index contributed by atoms with van der Waals surface area (Å²) in [7, 11) is 1.55. The minimum Gasteiger partial charge on any atom is -0.359 e. The molecule has 0 saturated heterocycles. The van der Waals surface area contributed by atoms with Gasteiger partial charge in [0.1, 0.15) is 6.79 Å². The highest BCUT2D eigenvalue weighted by atomic mass is 16.7. The van der Waals surface area contributed by atoms with Crippen molar-refractivity contribution in [2.24, 2.45) is 0 Å². The van der Waals surface area contributed by atoms with E-state index in [1.165, 1.54) is 0 Å². The van der Waals surface area contributed by atoms with Crippen LogP contribution >= 0.6 is 0 Å². The van der Waals surface area contributed by atoms with Gasteiger partial charge < -0.3 is 9.47 Å². The van der Waals surface area contributed by atoms with E-state index in [2.05, 4.69) is 6.07 Å². The molecule has 0 aliphatic heterocycles. The van der Waals surface area contributed by atoms with Crippen LogP contribution in [0.3, 0.4) is 0 Å². The molecule has 0 atom stereocenters. The molecule has 0 aromatic heterocycles. The molecule has 0 aliphatic carbocycles. The van der Waals surface area contributed by atoms with Gasteiger partial charge in [-0.15, -0.1) is 0 Å². The molecule has 0 unspecified atom stereocenters. The SMILES string of the molecule is COCOC/C(C#N)=C\c1ccccc1. The molecule has 0 spiro atoms. The molecular weight excluding hydrogens is 190 g/mol. The molecule has 0 N–H and O–H groups in total. The minimum atomic E-state index is 0.202. The summed E-state index contributed by atoms with van der Waals surface area (Å²) < 4.78 is 9.82. The third kappa shape index (κ3) is 4.41. The van der Waals surface area contributed by atoms with Crippen LogP contribution in [-0.4, -0.2) is 20.5 Å². The summed E-state index contributed by atoms with van der Waals surface area (Å²) in [5.41, 5.74) is 1.58. The van der Waals surface area contributed by atoms with Crippen molar-refractivity contribution in [1.29, 1.82) is 5.26 Å². The predicted octanol–water partition coefficient (Wildman–Crippen LogP) is 2.21. The van der Waals surface area contributed by atoms with E-state index in [1.54, 1.807) is 13.2 Å². The molecule has 0 heterocycles. The first-order valence-electron chi connectivity index (χ1n) is 4.59. The molecule has 78 valence electrons. The number of benzene rings is 1. The van der Waals surface area contributed by atoms with Gasteiger partial charge in [0.25, 0.3) is 0 Å². The highest BCUT2D eigenvalue weighted by molar-refractivity contribution is 5.56. The van der Waals surface area contributed by atoms with Crippen LogP contribution in [0.2, 0.25) is 0 Å². The molecule has 15 heavy (non-hydrogen) atoms. The Labute approximate surface area is 89.6 Å². The van der Waals surface area contributed by atoms with Crippen molar-refractivity contribution in [3.63, 3.8) is 0 Å². The van der Waals surface area contributed by atoms with Gasteiger partial charge in [0.15, 0.2) is 0 Å². The zero-order valence-corrected chi connectivity index (χ0v) is 8.64.